The number of carbonyl (C=O) groups is 1. The Morgan fingerprint density at radius 3 is 2.86 bits per heavy atom. The molecular formula is C14H23N5OS. The van der Waals surface area contributed by atoms with Crippen molar-refractivity contribution in [2.75, 3.05) is 30.3 Å². The van der Waals surface area contributed by atoms with E-state index in [2.05, 4.69) is 15.2 Å². The Balaban J connectivity index is 1.63. The number of nitrogens with zero attached hydrogens (tertiary/aromatic N) is 2. The number of amides is 1. The SMILES string of the molecule is Nc1nc(N2CCCC(N)C2)sc1C(=O)NCC1CCC1. The molecule has 2 heterocycles. The standard InChI is InChI=1S/C14H23N5OS/c15-10-5-2-6-19(8-10)14-18-12(16)11(21-14)13(20)17-7-9-3-1-4-9/h9-10H,1-8,15-16H2,(H,17,20). The zero-order chi connectivity index (χ0) is 14.8. The van der Waals surface area contributed by atoms with E-state index in [1.165, 1.54) is 30.6 Å². The van der Waals surface area contributed by atoms with Gasteiger partial charge in [0.2, 0.25) is 0 Å². The third kappa shape index (κ3) is 3.29. The molecule has 1 atom stereocenters. The first-order valence-corrected chi connectivity index (χ1v) is 8.50. The number of rotatable bonds is 4. The molecule has 2 aliphatic rings. The second-order valence-electron chi connectivity index (χ2n) is 6.07. The summed E-state index contributed by atoms with van der Waals surface area (Å²) in [6.45, 7) is 2.47. The van der Waals surface area contributed by atoms with Gasteiger partial charge in [0.1, 0.15) is 10.7 Å². The van der Waals surface area contributed by atoms with Crippen LogP contribution in [0.1, 0.15) is 41.8 Å². The molecule has 6 nitrogen and oxygen atoms in total. The fraction of sp³-hybridized carbons (Fsp3) is 0.714. The summed E-state index contributed by atoms with van der Waals surface area (Å²) in [5.74, 6) is 0.882. The maximum Gasteiger partial charge on any atom is 0.265 e. The number of aromatic nitrogens is 1. The normalized spacial score (nSPS) is 22.9. The molecule has 1 aliphatic heterocycles. The van der Waals surface area contributed by atoms with Crippen molar-refractivity contribution in [2.24, 2.45) is 11.7 Å². The van der Waals surface area contributed by atoms with Crippen LogP contribution in [0.15, 0.2) is 0 Å². The molecule has 1 unspecified atom stereocenters. The minimum atomic E-state index is -0.0931. The molecule has 1 saturated carbocycles. The molecule has 116 valence electrons. The van der Waals surface area contributed by atoms with Gasteiger partial charge in [-0.05, 0) is 31.6 Å². The van der Waals surface area contributed by atoms with E-state index in [0.29, 0.717) is 16.6 Å². The van der Waals surface area contributed by atoms with E-state index in [1.54, 1.807) is 0 Å². The van der Waals surface area contributed by atoms with Crippen LogP contribution in [0.3, 0.4) is 0 Å². The summed E-state index contributed by atoms with van der Waals surface area (Å²) in [5.41, 5.74) is 11.9. The fourth-order valence-electron chi connectivity index (χ4n) is 2.82. The highest BCUT2D eigenvalue weighted by Gasteiger charge is 2.24. The van der Waals surface area contributed by atoms with E-state index in [0.717, 1.165) is 37.6 Å². The predicted molar refractivity (Wildman–Crippen MR) is 85.6 cm³/mol. The maximum absolute atomic E-state index is 12.2. The van der Waals surface area contributed by atoms with Crippen molar-refractivity contribution in [3.8, 4) is 0 Å². The van der Waals surface area contributed by atoms with E-state index < -0.39 is 0 Å². The number of hydrogen-bond acceptors (Lipinski definition) is 6. The molecule has 0 spiro atoms. The van der Waals surface area contributed by atoms with Gasteiger partial charge < -0.3 is 21.7 Å². The van der Waals surface area contributed by atoms with Crippen molar-refractivity contribution in [1.82, 2.24) is 10.3 Å². The van der Waals surface area contributed by atoms with E-state index in [1.807, 2.05) is 0 Å². The number of nitrogen functional groups attached to an aromatic ring is 1. The van der Waals surface area contributed by atoms with Crippen molar-refractivity contribution in [3.63, 3.8) is 0 Å². The lowest BCUT2D eigenvalue weighted by molar-refractivity contribution is 0.0944. The number of carbonyl (C=O) groups excluding carboxylic acids is 1. The van der Waals surface area contributed by atoms with Crippen LogP contribution < -0.4 is 21.7 Å². The van der Waals surface area contributed by atoms with Crippen LogP contribution in [0.2, 0.25) is 0 Å². The zero-order valence-electron chi connectivity index (χ0n) is 12.2. The second kappa shape index (κ2) is 6.19. The first-order valence-electron chi connectivity index (χ1n) is 7.68. The smallest absolute Gasteiger partial charge is 0.265 e. The highest BCUT2D eigenvalue weighted by molar-refractivity contribution is 7.18. The Kier molecular flexibility index (Phi) is 4.30. The van der Waals surface area contributed by atoms with Crippen LogP contribution in [-0.4, -0.2) is 36.6 Å². The molecule has 3 rings (SSSR count). The van der Waals surface area contributed by atoms with E-state index in [-0.39, 0.29) is 11.9 Å². The molecule has 5 N–H and O–H groups in total. The predicted octanol–water partition coefficient (Wildman–Crippen LogP) is 1.18. The summed E-state index contributed by atoms with van der Waals surface area (Å²) < 4.78 is 0. The summed E-state index contributed by atoms with van der Waals surface area (Å²) in [5, 5.41) is 3.79. The minimum absolute atomic E-state index is 0.0931. The van der Waals surface area contributed by atoms with Gasteiger partial charge in [-0.25, -0.2) is 4.98 Å². The summed E-state index contributed by atoms with van der Waals surface area (Å²) in [6.07, 6.45) is 5.82. The van der Waals surface area contributed by atoms with Crippen molar-refractivity contribution >= 4 is 28.2 Å². The monoisotopic (exact) mass is 309 g/mol. The number of thiazole rings is 1. The number of anilines is 2. The summed E-state index contributed by atoms with van der Waals surface area (Å²) in [7, 11) is 0. The van der Waals surface area contributed by atoms with E-state index >= 15 is 0 Å². The summed E-state index contributed by atoms with van der Waals surface area (Å²) in [6, 6.07) is 0.180. The van der Waals surface area contributed by atoms with Crippen molar-refractivity contribution in [2.45, 2.75) is 38.1 Å². The third-order valence-corrected chi connectivity index (χ3v) is 5.48. The van der Waals surface area contributed by atoms with Gasteiger partial charge in [-0.1, -0.05) is 17.8 Å². The topological polar surface area (TPSA) is 97.3 Å². The first kappa shape index (κ1) is 14.6. The van der Waals surface area contributed by atoms with E-state index in [4.69, 9.17) is 11.5 Å². The molecule has 21 heavy (non-hydrogen) atoms. The molecule has 7 heteroatoms. The maximum atomic E-state index is 12.2. The first-order chi connectivity index (χ1) is 10.1. The van der Waals surface area contributed by atoms with Gasteiger partial charge in [-0.3, -0.25) is 4.79 Å². The lowest BCUT2D eigenvalue weighted by Gasteiger charge is -2.30. The molecule has 1 aromatic rings. The Hall–Kier alpha value is -1.34. The van der Waals surface area contributed by atoms with Gasteiger partial charge in [0, 0.05) is 25.7 Å². The molecule has 1 aromatic heterocycles. The molecule has 1 saturated heterocycles. The van der Waals surface area contributed by atoms with Crippen LogP contribution in [0.4, 0.5) is 10.9 Å². The molecular weight excluding hydrogens is 286 g/mol. The highest BCUT2D eigenvalue weighted by atomic mass is 32.1. The van der Waals surface area contributed by atoms with Crippen LogP contribution >= 0.6 is 11.3 Å². The van der Waals surface area contributed by atoms with Crippen LogP contribution in [0, 0.1) is 5.92 Å². The van der Waals surface area contributed by atoms with Crippen molar-refractivity contribution in [3.05, 3.63) is 4.88 Å². The lowest BCUT2D eigenvalue weighted by atomic mass is 9.85. The molecule has 0 bridgehead atoms. The fourth-order valence-corrected chi connectivity index (χ4v) is 3.75. The number of piperidine rings is 1. The average molecular weight is 309 g/mol. The zero-order valence-corrected chi connectivity index (χ0v) is 13.0. The molecule has 1 amide bonds. The van der Waals surface area contributed by atoms with Gasteiger partial charge in [-0.15, -0.1) is 0 Å². The van der Waals surface area contributed by atoms with Crippen molar-refractivity contribution in [1.29, 1.82) is 0 Å². The summed E-state index contributed by atoms with van der Waals surface area (Å²) >= 11 is 1.38. The van der Waals surface area contributed by atoms with Gasteiger partial charge in [-0.2, -0.15) is 0 Å². The van der Waals surface area contributed by atoms with Gasteiger partial charge in [0.25, 0.3) is 5.91 Å². The van der Waals surface area contributed by atoms with Crippen LogP contribution in [0.25, 0.3) is 0 Å². The Morgan fingerprint density at radius 1 is 1.38 bits per heavy atom. The van der Waals surface area contributed by atoms with Crippen LogP contribution in [-0.2, 0) is 0 Å². The van der Waals surface area contributed by atoms with Crippen molar-refractivity contribution < 1.29 is 4.79 Å². The molecule has 2 fully saturated rings. The number of nitrogens with one attached hydrogen (secondary N) is 1. The highest BCUT2D eigenvalue weighted by Crippen LogP contribution is 2.30. The van der Waals surface area contributed by atoms with Crippen LogP contribution in [0.5, 0.6) is 0 Å². The lowest BCUT2D eigenvalue weighted by Crippen LogP contribution is -2.42. The van der Waals surface area contributed by atoms with E-state index in [9.17, 15) is 4.79 Å². The molecule has 0 radical (unpaired) electrons. The quantitative estimate of drug-likeness (QED) is 0.776. The molecule has 0 aromatic carbocycles. The number of hydrogen-bond donors (Lipinski definition) is 3. The van der Waals surface area contributed by atoms with Gasteiger partial charge in [0.05, 0.1) is 0 Å². The minimum Gasteiger partial charge on any atom is -0.382 e. The molecule has 1 aliphatic carbocycles. The second-order valence-corrected chi connectivity index (χ2v) is 7.04. The summed E-state index contributed by atoms with van der Waals surface area (Å²) in [4.78, 5) is 19.2. The largest absolute Gasteiger partial charge is 0.382 e. The third-order valence-electron chi connectivity index (χ3n) is 4.35. The Morgan fingerprint density at radius 2 is 2.19 bits per heavy atom. The Bertz CT molecular complexity index is 513. The Labute approximate surface area is 128 Å². The number of nitrogens with two attached hydrogens (primary N) is 2. The van der Waals surface area contributed by atoms with Gasteiger partial charge in [0.15, 0.2) is 5.13 Å². The van der Waals surface area contributed by atoms with Gasteiger partial charge >= 0.3 is 0 Å². The average Bonchev–Trinajstić information content (AvgIpc) is 2.79.